The van der Waals surface area contributed by atoms with Crippen LogP contribution in [-0.4, -0.2) is 46.7 Å². The number of rotatable bonds is 3. The minimum Gasteiger partial charge on any atom is -0.478 e. The average Bonchev–Trinajstić information content (AvgIpc) is 2.56. The molecule has 1 saturated heterocycles. The van der Waals surface area contributed by atoms with Crippen molar-refractivity contribution in [3.05, 3.63) is 48.0 Å². The highest BCUT2D eigenvalue weighted by atomic mass is 19.1. The van der Waals surface area contributed by atoms with E-state index in [1.54, 1.807) is 18.5 Å². The molecule has 6 nitrogen and oxygen atoms in total. The molecule has 1 aromatic heterocycles. The van der Waals surface area contributed by atoms with Crippen LogP contribution in [0.1, 0.15) is 17.3 Å². The van der Waals surface area contributed by atoms with Crippen molar-refractivity contribution in [1.82, 2.24) is 9.97 Å². The summed E-state index contributed by atoms with van der Waals surface area (Å²) in [5, 5.41) is 8.92. The molecular weight excluding hydrogens is 299 g/mol. The van der Waals surface area contributed by atoms with Gasteiger partial charge in [-0.2, -0.15) is 0 Å². The summed E-state index contributed by atoms with van der Waals surface area (Å²) in [6.07, 6.45) is 3.40. The van der Waals surface area contributed by atoms with Crippen LogP contribution < -0.4 is 9.80 Å². The highest BCUT2D eigenvalue weighted by molar-refractivity contribution is 5.88. The highest BCUT2D eigenvalue weighted by Crippen LogP contribution is 2.25. The summed E-state index contributed by atoms with van der Waals surface area (Å²) in [6.45, 7) is 3.96. The van der Waals surface area contributed by atoms with Crippen molar-refractivity contribution in [3.63, 3.8) is 0 Å². The van der Waals surface area contributed by atoms with Gasteiger partial charge in [0.1, 0.15) is 5.82 Å². The van der Waals surface area contributed by atoms with Crippen LogP contribution in [0.3, 0.4) is 0 Å². The van der Waals surface area contributed by atoms with Gasteiger partial charge in [0, 0.05) is 38.1 Å². The molecular formula is C16H17FN4O2. The van der Waals surface area contributed by atoms with Gasteiger partial charge in [0.2, 0.25) is 5.95 Å². The smallest absolute Gasteiger partial charge is 0.335 e. The van der Waals surface area contributed by atoms with Gasteiger partial charge in [-0.05, 0) is 31.2 Å². The number of halogens is 1. The van der Waals surface area contributed by atoms with Crippen molar-refractivity contribution in [1.29, 1.82) is 0 Å². The molecule has 7 heteroatoms. The second kappa shape index (κ2) is 6.20. The molecule has 1 fully saturated rings. The lowest BCUT2D eigenvalue weighted by atomic mass is 10.1. The van der Waals surface area contributed by atoms with Crippen molar-refractivity contribution in [3.8, 4) is 0 Å². The van der Waals surface area contributed by atoms with Crippen molar-refractivity contribution < 1.29 is 14.3 Å². The van der Waals surface area contributed by atoms with Gasteiger partial charge >= 0.3 is 5.97 Å². The molecule has 120 valence electrons. The number of carbonyl (C=O) groups is 1. The zero-order chi connectivity index (χ0) is 16.4. The first kappa shape index (κ1) is 15.2. The molecule has 23 heavy (non-hydrogen) atoms. The second-order valence-corrected chi connectivity index (χ2v) is 5.51. The average molecular weight is 316 g/mol. The summed E-state index contributed by atoms with van der Waals surface area (Å²) in [4.78, 5) is 23.4. The minimum absolute atomic E-state index is 0.0461. The molecule has 0 amide bonds. The third-order valence-electron chi connectivity index (χ3n) is 3.97. The number of nitrogens with zero attached hydrogens (tertiary/aromatic N) is 4. The summed E-state index contributed by atoms with van der Waals surface area (Å²) >= 11 is 0. The summed E-state index contributed by atoms with van der Waals surface area (Å²) in [7, 11) is 0. The maximum absolute atomic E-state index is 14.2. The van der Waals surface area contributed by atoms with E-state index in [4.69, 9.17) is 5.11 Å². The molecule has 1 aliphatic rings. The predicted octanol–water partition coefficient (Wildman–Crippen LogP) is 2.03. The van der Waals surface area contributed by atoms with Gasteiger partial charge in [-0.15, -0.1) is 0 Å². The van der Waals surface area contributed by atoms with E-state index in [0.29, 0.717) is 31.3 Å². The van der Waals surface area contributed by atoms with Gasteiger partial charge in [-0.25, -0.2) is 19.2 Å². The Bertz CT molecular complexity index is 710. The third kappa shape index (κ3) is 3.08. The van der Waals surface area contributed by atoms with Gasteiger partial charge in [0.05, 0.1) is 11.3 Å². The number of carboxylic acid groups (broad SMARTS) is 1. The van der Waals surface area contributed by atoms with Crippen molar-refractivity contribution in [2.75, 3.05) is 29.4 Å². The molecule has 1 N–H and O–H groups in total. The normalized spacial score (nSPS) is 18.1. The van der Waals surface area contributed by atoms with E-state index in [2.05, 4.69) is 14.9 Å². The minimum atomic E-state index is -1.13. The molecule has 1 atom stereocenters. The van der Waals surface area contributed by atoms with Gasteiger partial charge in [-0.3, -0.25) is 0 Å². The van der Waals surface area contributed by atoms with Gasteiger partial charge < -0.3 is 14.9 Å². The van der Waals surface area contributed by atoms with Crippen LogP contribution in [0.4, 0.5) is 16.0 Å². The fourth-order valence-corrected chi connectivity index (χ4v) is 2.82. The van der Waals surface area contributed by atoms with Crippen LogP contribution in [0.2, 0.25) is 0 Å². The summed E-state index contributed by atoms with van der Waals surface area (Å²) in [5.74, 6) is -0.976. The number of anilines is 2. The standard InChI is InChI=1S/C16H17FN4O2/c1-11-10-20(16-18-5-2-6-19-16)7-8-21(11)14-4-3-12(15(22)23)9-13(14)17/h2-6,9,11H,7-8,10H2,1H3,(H,22,23). The van der Waals surface area contributed by atoms with Crippen LogP contribution in [0.15, 0.2) is 36.7 Å². The summed E-state index contributed by atoms with van der Waals surface area (Å²) in [5.41, 5.74) is 0.381. The van der Waals surface area contributed by atoms with Gasteiger partial charge in [0.25, 0.3) is 0 Å². The Morgan fingerprint density at radius 2 is 2.04 bits per heavy atom. The maximum Gasteiger partial charge on any atom is 0.335 e. The number of aromatic nitrogens is 2. The molecule has 0 radical (unpaired) electrons. The van der Waals surface area contributed by atoms with Crippen LogP contribution in [0.25, 0.3) is 0 Å². The Morgan fingerprint density at radius 3 is 2.65 bits per heavy atom. The number of piperazine rings is 1. The highest BCUT2D eigenvalue weighted by Gasteiger charge is 2.27. The molecule has 1 aromatic carbocycles. The third-order valence-corrected chi connectivity index (χ3v) is 3.97. The molecule has 1 aliphatic heterocycles. The Labute approximate surface area is 133 Å². The van der Waals surface area contributed by atoms with Crippen molar-refractivity contribution in [2.45, 2.75) is 13.0 Å². The zero-order valence-electron chi connectivity index (χ0n) is 12.7. The lowest BCUT2D eigenvalue weighted by molar-refractivity contribution is 0.0696. The predicted molar refractivity (Wildman–Crippen MR) is 84.4 cm³/mol. The van der Waals surface area contributed by atoms with Crippen molar-refractivity contribution in [2.24, 2.45) is 0 Å². The van der Waals surface area contributed by atoms with Crippen molar-refractivity contribution >= 4 is 17.6 Å². The largest absolute Gasteiger partial charge is 0.478 e. The number of aromatic carboxylic acids is 1. The van der Waals surface area contributed by atoms with Crippen LogP contribution in [-0.2, 0) is 0 Å². The molecule has 0 spiro atoms. The zero-order valence-corrected chi connectivity index (χ0v) is 12.7. The van der Waals surface area contributed by atoms with Crippen LogP contribution >= 0.6 is 0 Å². The van der Waals surface area contributed by atoms with Gasteiger partial charge in [-0.1, -0.05) is 0 Å². The number of carboxylic acids is 1. The Balaban J connectivity index is 1.77. The van der Waals surface area contributed by atoms with E-state index < -0.39 is 11.8 Å². The lowest BCUT2D eigenvalue weighted by Crippen LogP contribution is -2.52. The fraction of sp³-hybridized carbons (Fsp3) is 0.312. The molecule has 0 saturated carbocycles. The van der Waals surface area contributed by atoms with E-state index in [-0.39, 0.29) is 11.6 Å². The van der Waals surface area contributed by atoms with E-state index in [0.717, 1.165) is 6.07 Å². The maximum atomic E-state index is 14.2. The van der Waals surface area contributed by atoms with E-state index in [1.165, 1.54) is 12.1 Å². The Hall–Kier alpha value is -2.70. The first-order valence-corrected chi connectivity index (χ1v) is 7.37. The molecule has 0 bridgehead atoms. The SMILES string of the molecule is CC1CN(c2ncccn2)CCN1c1ccc(C(=O)O)cc1F. The van der Waals surface area contributed by atoms with Gasteiger partial charge in [0.15, 0.2) is 0 Å². The summed E-state index contributed by atoms with van der Waals surface area (Å²) in [6, 6.07) is 5.85. The molecule has 0 aliphatic carbocycles. The molecule has 3 rings (SSSR count). The Morgan fingerprint density at radius 1 is 1.30 bits per heavy atom. The number of hydrogen-bond donors (Lipinski definition) is 1. The second-order valence-electron chi connectivity index (χ2n) is 5.51. The molecule has 2 aromatic rings. The fourth-order valence-electron chi connectivity index (χ4n) is 2.82. The first-order valence-electron chi connectivity index (χ1n) is 7.37. The quantitative estimate of drug-likeness (QED) is 0.934. The van der Waals surface area contributed by atoms with Crippen LogP contribution in [0.5, 0.6) is 0 Å². The molecule has 1 unspecified atom stereocenters. The van der Waals surface area contributed by atoms with E-state index in [1.807, 2.05) is 11.8 Å². The molecule has 2 heterocycles. The van der Waals surface area contributed by atoms with E-state index in [9.17, 15) is 9.18 Å². The van der Waals surface area contributed by atoms with E-state index >= 15 is 0 Å². The monoisotopic (exact) mass is 316 g/mol. The lowest BCUT2D eigenvalue weighted by Gasteiger charge is -2.41. The first-order chi connectivity index (χ1) is 11.1. The number of hydrogen-bond acceptors (Lipinski definition) is 5. The topological polar surface area (TPSA) is 69.6 Å². The summed E-state index contributed by atoms with van der Waals surface area (Å²) < 4.78 is 14.2. The number of benzene rings is 1. The van der Waals surface area contributed by atoms with Crippen LogP contribution in [0, 0.1) is 5.82 Å². The Kier molecular flexibility index (Phi) is 4.10.